The smallest absolute Gasteiger partial charge is 0.231 e. The van der Waals surface area contributed by atoms with Crippen molar-refractivity contribution in [2.45, 2.75) is 26.4 Å². The van der Waals surface area contributed by atoms with Gasteiger partial charge in [0, 0.05) is 13.0 Å². The minimum Gasteiger partial charge on any atom is -0.384 e. The number of anilines is 1. The van der Waals surface area contributed by atoms with Crippen LogP contribution < -0.4 is 5.32 Å². The Kier molecular flexibility index (Phi) is 2.38. The van der Waals surface area contributed by atoms with Crippen LogP contribution in [0, 0.1) is 0 Å². The predicted molar refractivity (Wildman–Crippen MR) is 46.1 cm³/mol. The van der Waals surface area contributed by atoms with Crippen LogP contribution in [0.1, 0.15) is 26.5 Å². The van der Waals surface area contributed by atoms with Crippen molar-refractivity contribution < 1.29 is 14.4 Å². The third kappa shape index (κ3) is 2.55. The summed E-state index contributed by atoms with van der Waals surface area (Å²) in [5.41, 5.74) is -0.670. The molecule has 13 heavy (non-hydrogen) atoms. The van der Waals surface area contributed by atoms with Gasteiger partial charge in [0.25, 0.3) is 0 Å². The lowest BCUT2D eigenvalue weighted by atomic mass is 10.1. The average molecular weight is 184 g/mol. The van der Waals surface area contributed by atoms with Crippen LogP contribution in [0.3, 0.4) is 0 Å². The number of amides is 1. The molecule has 0 atom stereocenters. The van der Waals surface area contributed by atoms with E-state index in [9.17, 15) is 9.90 Å². The van der Waals surface area contributed by atoms with E-state index in [2.05, 4.69) is 10.5 Å². The van der Waals surface area contributed by atoms with E-state index in [0.29, 0.717) is 5.69 Å². The largest absolute Gasteiger partial charge is 0.384 e. The van der Waals surface area contributed by atoms with E-state index >= 15 is 0 Å². The van der Waals surface area contributed by atoms with Gasteiger partial charge in [-0.25, -0.2) is 0 Å². The molecule has 5 nitrogen and oxygen atoms in total. The second-order valence-electron chi connectivity index (χ2n) is 3.32. The zero-order valence-corrected chi connectivity index (χ0v) is 7.79. The molecule has 1 aromatic heterocycles. The van der Waals surface area contributed by atoms with Crippen molar-refractivity contribution in [2.24, 2.45) is 0 Å². The summed E-state index contributed by atoms with van der Waals surface area (Å²) >= 11 is 0. The molecule has 0 radical (unpaired) electrons. The Morgan fingerprint density at radius 3 is 2.69 bits per heavy atom. The fraction of sp³-hybridized carbons (Fsp3) is 0.500. The van der Waals surface area contributed by atoms with Gasteiger partial charge >= 0.3 is 0 Å². The number of hydrogen-bond donors (Lipinski definition) is 2. The Bertz CT molecular complexity index is 311. The molecule has 0 aliphatic rings. The third-order valence-corrected chi connectivity index (χ3v) is 1.44. The Morgan fingerprint density at radius 1 is 1.69 bits per heavy atom. The topological polar surface area (TPSA) is 75.4 Å². The van der Waals surface area contributed by atoms with Crippen LogP contribution >= 0.6 is 0 Å². The Balaban J connectivity index is 2.81. The quantitative estimate of drug-likeness (QED) is 0.714. The molecule has 1 aromatic rings. The van der Waals surface area contributed by atoms with Gasteiger partial charge in [-0.2, -0.15) is 0 Å². The number of nitrogens with one attached hydrogen (secondary N) is 1. The highest BCUT2D eigenvalue weighted by Gasteiger charge is 2.21. The summed E-state index contributed by atoms with van der Waals surface area (Å²) in [6.45, 7) is 4.54. The molecule has 0 aliphatic carbocycles. The zero-order valence-electron chi connectivity index (χ0n) is 7.79. The van der Waals surface area contributed by atoms with E-state index in [1.807, 2.05) is 0 Å². The molecular weight excluding hydrogens is 172 g/mol. The van der Waals surface area contributed by atoms with E-state index in [0.717, 1.165) is 0 Å². The Hall–Kier alpha value is -1.36. The van der Waals surface area contributed by atoms with Gasteiger partial charge in [-0.15, -0.1) is 0 Å². The van der Waals surface area contributed by atoms with Gasteiger partial charge in [0.05, 0.1) is 0 Å². The Labute approximate surface area is 75.7 Å². The van der Waals surface area contributed by atoms with Gasteiger partial charge in [0.15, 0.2) is 0 Å². The van der Waals surface area contributed by atoms with Crippen LogP contribution in [0.15, 0.2) is 10.6 Å². The molecule has 1 rings (SSSR count). The fourth-order valence-electron chi connectivity index (χ4n) is 0.796. The van der Waals surface area contributed by atoms with Gasteiger partial charge in [-0.1, -0.05) is 5.16 Å². The minimum atomic E-state index is -1.06. The van der Waals surface area contributed by atoms with Crippen LogP contribution in [0.25, 0.3) is 0 Å². The summed E-state index contributed by atoms with van der Waals surface area (Å²) in [6.07, 6.45) is 0. The molecule has 72 valence electrons. The first kappa shape index (κ1) is 9.73. The number of carbonyl (C=O) groups excluding carboxylic acids is 1. The van der Waals surface area contributed by atoms with Crippen molar-refractivity contribution in [3.63, 3.8) is 0 Å². The van der Waals surface area contributed by atoms with Crippen molar-refractivity contribution in [3.05, 3.63) is 11.8 Å². The summed E-state index contributed by atoms with van der Waals surface area (Å²) in [6, 6.07) is 1.49. The molecule has 1 amide bonds. The molecule has 0 saturated heterocycles. The van der Waals surface area contributed by atoms with E-state index < -0.39 is 5.60 Å². The lowest BCUT2D eigenvalue weighted by Gasteiger charge is -2.11. The number of aliphatic hydroxyl groups is 1. The molecule has 0 unspecified atom stereocenters. The molecule has 0 fully saturated rings. The lowest BCUT2D eigenvalue weighted by molar-refractivity contribution is -0.114. The van der Waals surface area contributed by atoms with E-state index in [1.165, 1.54) is 13.0 Å². The summed E-state index contributed by atoms with van der Waals surface area (Å²) in [7, 11) is 0. The maximum Gasteiger partial charge on any atom is 0.231 e. The van der Waals surface area contributed by atoms with E-state index in [4.69, 9.17) is 4.52 Å². The summed E-state index contributed by atoms with van der Waals surface area (Å²) in [5, 5.41) is 15.5. The Morgan fingerprint density at radius 2 is 2.31 bits per heavy atom. The maximum atomic E-state index is 10.6. The highest BCUT2D eigenvalue weighted by Crippen LogP contribution is 2.21. The number of carbonyl (C=O) groups is 1. The molecule has 5 heteroatoms. The monoisotopic (exact) mass is 184 g/mol. The molecule has 0 saturated carbocycles. The molecule has 0 bridgehead atoms. The first-order chi connectivity index (χ1) is 5.89. The molecule has 0 aliphatic heterocycles. The summed E-state index contributed by atoms with van der Waals surface area (Å²) in [5.74, 6) is 0.00284. The van der Waals surface area contributed by atoms with Crippen LogP contribution in [0.2, 0.25) is 0 Å². The van der Waals surface area contributed by atoms with Crippen molar-refractivity contribution in [3.8, 4) is 0 Å². The fourth-order valence-corrected chi connectivity index (χ4v) is 0.796. The predicted octanol–water partition coefficient (Wildman–Crippen LogP) is 0.860. The second-order valence-corrected chi connectivity index (χ2v) is 3.32. The first-order valence-electron chi connectivity index (χ1n) is 3.87. The minimum absolute atomic E-state index is 0.238. The van der Waals surface area contributed by atoms with Crippen molar-refractivity contribution in [1.82, 2.24) is 5.16 Å². The normalized spacial score (nSPS) is 11.4. The highest BCUT2D eigenvalue weighted by atomic mass is 16.5. The molecule has 0 spiro atoms. The van der Waals surface area contributed by atoms with Gasteiger partial charge in [-0.05, 0) is 13.8 Å². The van der Waals surface area contributed by atoms with Gasteiger partial charge in [0.1, 0.15) is 11.3 Å². The number of rotatable bonds is 2. The van der Waals surface area contributed by atoms with Crippen LogP contribution in [0.4, 0.5) is 5.88 Å². The summed E-state index contributed by atoms with van der Waals surface area (Å²) in [4.78, 5) is 10.6. The standard InChI is InChI=1S/C8H12N2O3/c1-5(11)9-7-4-6(10-13-7)8(2,3)12/h4,12H,1-3H3,(H,9,11). The third-order valence-electron chi connectivity index (χ3n) is 1.44. The number of hydrogen-bond acceptors (Lipinski definition) is 4. The lowest BCUT2D eigenvalue weighted by Crippen LogP contribution is -2.15. The van der Waals surface area contributed by atoms with Crippen molar-refractivity contribution >= 4 is 11.8 Å². The zero-order chi connectivity index (χ0) is 10.1. The number of nitrogens with zero attached hydrogens (tertiary/aromatic N) is 1. The first-order valence-corrected chi connectivity index (χ1v) is 3.87. The van der Waals surface area contributed by atoms with Crippen molar-refractivity contribution in [1.29, 1.82) is 0 Å². The maximum absolute atomic E-state index is 10.6. The molecule has 0 aromatic carbocycles. The molecule has 2 N–H and O–H groups in total. The summed E-state index contributed by atoms with van der Waals surface area (Å²) < 4.78 is 4.76. The van der Waals surface area contributed by atoms with Crippen molar-refractivity contribution in [2.75, 3.05) is 5.32 Å². The van der Waals surface area contributed by atoms with Gasteiger partial charge in [-0.3, -0.25) is 10.1 Å². The second kappa shape index (κ2) is 3.18. The highest BCUT2D eigenvalue weighted by molar-refractivity contribution is 5.87. The SMILES string of the molecule is CC(=O)Nc1cc(C(C)(C)O)no1. The van der Waals surface area contributed by atoms with E-state index in [-0.39, 0.29) is 11.8 Å². The average Bonchev–Trinajstić information content (AvgIpc) is 2.32. The molecule has 1 heterocycles. The molecular formula is C8H12N2O3. The van der Waals surface area contributed by atoms with E-state index in [1.54, 1.807) is 13.8 Å². The van der Waals surface area contributed by atoms with Gasteiger partial charge in [0.2, 0.25) is 11.8 Å². The van der Waals surface area contributed by atoms with Gasteiger partial charge < -0.3 is 9.63 Å². The number of aromatic nitrogens is 1. The van der Waals surface area contributed by atoms with Crippen LogP contribution in [-0.2, 0) is 10.4 Å². The van der Waals surface area contributed by atoms with Crippen LogP contribution in [-0.4, -0.2) is 16.2 Å². The van der Waals surface area contributed by atoms with Crippen LogP contribution in [0.5, 0.6) is 0 Å².